The molecule has 1 amide bonds. The number of halogens is 1. The number of nitrogens with one attached hydrogen (secondary N) is 2. The normalized spacial score (nSPS) is 17.9. The molecule has 1 aromatic heterocycles. The van der Waals surface area contributed by atoms with E-state index >= 15 is 0 Å². The number of carbonyl (C=O) groups excluding carboxylic acids is 1. The van der Waals surface area contributed by atoms with E-state index < -0.39 is 0 Å². The van der Waals surface area contributed by atoms with Crippen molar-refractivity contribution >= 4 is 18.3 Å². The van der Waals surface area contributed by atoms with E-state index in [-0.39, 0.29) is 18.3 Å². The van der Waals surface area contributed by atoms with E-state index in [1.165, 1.54) is 6.42 Å². The Labute approximate surface area is 126 Å². The van der Waals surface area contributed by atoms with Crippen LogP contribution in [0.2, 0.25) is 0 Å². The van der Waals surface area contributed by atoms with Gasteiger partial charge in [-0.1, -0.05) is 0 Å². The molecule has 1 aliphatic rings. The Morgan fingerprint density at radius 1 is 1.50 bits per heavy atom. The Balaban J connectivity index is 0.00000200. The van der Waals surface area contributed by atoms with Gasteiger partial charge in [0, 0.05) is 31.3 Å². The van der Waals surface area contributed by atoms with E-state index in [0.717, 1.165) is 36.5 Å². The molecule has 0 aliphatic carbocycles. The number of aryl methyl sites for hydroxylation is 2. The molecule has 0 spiro atoms. The zero-order valence-electron chi connectivity index (χ0n) is 12.5. The van der Waals surface area contributed by atoms with Gasteiger partial charge in [0.15, 0.2) is 0 Å². The summed E-state index contributed by atoms with van der Waals surface area (Å²) in [5.41, 5.74) is 3.26. The minimum atomic E-state index is 0. The van der Waals surface area contributed by atoms with Crippen LogP contribution in [-0.4, -0.2) is 28.8 Å². The fourth-order valence-corrected chi connectivity index (χ4v) is 2.64. The summed E-state index contributed by atoms with van der Waals surface area (Å²) in [6, 6.07) is 0. The van der Waals surface area contributed by atoms with Gasteiger partial charge in [-0.3, -0.25) is 9.48 Å². The highest BCUT2D eigenvalue weighted by Gasteiger charge is 2.16. The lowest BCUT2D eigenvalue weighted by atomic mass is 10.0. The number of amides is 1. The predicted molar refractivity (Wildman–Crippen MR) is 82.0 cm³/mol. The molecule has 20 heavy (non-hydrogen) atoms. The first kappa shape index (κ1) is 17.0. The molecule has 0 saturated carbocycles. The smallest absolute Gasteiger partial charge is 0.220 e. The average Bonchev–Trinajstić information content (AvgIpc) is 2.96. The molecule has 0 radical (unpaired) electrons. The van der Waals surface area contributed by atoms with Gasteiger partial charge in [-0.05, 0) is 45.7 Å². The summed E-state index contributed by atoms with van der Waals surface area (Å²) in [5.74, 6) is 0.821. The largest absolute Gasteiger partial charge is 0.352 e. The van der Waals surface area contributed by atoms with Crippen molar-refractivity contribution in [2.75, 3.05) is 13.1 Å². The van der Waals surface area contributed by atoms with Crippen LogP contribution in [0.5, 0.6) is 0 Å². The minimum absolute atomic E-state index is 0. The van der Waals surface area contributed by atoms with E-state index in [4.69, 9.17) is 0 Å². The second-order valence-electron chi connectivity index (χ2n) is 5.45. The number of aromatic nitrogens is 2. The van der Waals surface area contributed by atoms with Crippen molar-refractivity contribution in [2.45, 2.75) is 39.7 Å². The van der Waals surface area contributed by atoms with E-state index in [9.17, 15) is 4.79 Å². The number of hydrogen-bond donors (Lipinski definition) is 2. The minimum Gasteiger partial charge on any atom is -0.352 e. The molecular weight excluding hydrogens is 276 g/mol. The van der Waals surface area contributed by atoms with Crippen molar-refractivity contribution in [2.24, 2.45) is 13.0 Å². The van der Waals surface area contributed by atoms with Crippen LogP contribution in [0.15, 0.2) is 0 Å². The highest BCUT2D eigenvalue weighted by Crippen LogP contribution is 2.15. The molecule has 2 rings (SSSR count). The van der Waals surface area contributed by atoms with E-state index in [0.29, 0.717) is 18.9 Å². The standard InChI is InChI=1S/C14H24N4O.ClH/c1-10-13(11(2)18(3)17-10)9-16-14(19)5-4-12-6-7-15-8-12;/h12,15H,4-9H2,1-3H3,(H,16,19);1H. The van der Waals surface area contributed by atoms with Crippen molar-refractivity contribution in [1.82, 2.24) is 20.4 Å². The summed E-state index contributed by atoms with van der Waals surface area (Å²) in [6.45, 7) is 6.77. The maximum Gasteiger partial charge on any atom is 0.220 e. The Kier molecular flexibility index (Phi) is 6.49. The van der Waals surface area contributed by atoms with Crippen LogP contribution in [0.4, 0.5) is 0 Å². The average molecular weight is 301 g/mol. The van der Waals surface area contributed by atoms with E-state index in [1.807, 2.05) is 25.6 Å². The van der Waals surface area contributed by atoms with Crippen LogP contribution in [0.1, 0.15) is 36.2 Å². The highest BCUT2D eigenvalue weighted by molar-refractivity contribution is 5.85. The Morgan fingerprint density at radius 2 is 2.25 bits per heavy atom. The molecule has 2 heterocycles. The van der Waals surface area contributed by atoms with Crippen molar-refractivity contribution in [3.8, 4) is 0 Å². The van der Waals surface area contributed by atoms with Crippen LogP contribution in [-0.2, 0) is 18.4 Å². The first-order chi connectivity index (χ1) is 9.08. The zero-order chi connectivity index (χ0) is 13.8. The van der Waals surface area contributed by atoms with Crippen molar-refractivity contribution in [3.05, 3.63) is 17.0 Å². The first-order valence-corrected chi connectivity index (χ1v) is 7.04. The number of hydrogen-bond acceptors (Lipinski definition) is 3. The molecule has 5 nitrogen and oxygen atoms in total. The monoisotopic (exact) mass is 300 g/mol. The number of rotatable bonds is 5. The molecule has 0 bridgehead atoms. The summed E-state index contributed by atoms with van der Waals surface area (Å²) in [7, 11) is 1.93. The third-order valence-corrected chi connectivity index (χ3v) is 4.06. The first-order valence-electron chi connectivity index (χ1n) is 7.04. The maximum atomic E-state index is 11.8. The quantitative estimate of drug-likeness (QED) is 0.866. The van der Waals surface area contributed by atoms with Gasteiger partial charge in [0.25, 0.3) is 0 Å². The topological polar surface area (TPSA) is 59.0 Å². The predicted octanol–water partition coefficient (Wildman–Crippen LogP) is 1.46. The van der Waals surface area contributed by atoms with Gasteiger partial charge in [-0.15, -0.1) is 12.4 Å². The summed E-state index contributed by atoms with van der Waals surface area (Å²) in [4.78, 5) is 11.8. The van der Waals surface area contributed by atoms with Crippen LogP contribution in [0.25, 0.3) is 0 Å². The molecule has 2 N–H and O–H groups in total. The molecule has 1 atom stereocenters. The van der Waals surface area contributed by atoms with Crippen LogP contribution >= 0.6 is 12.4 Å². The van der Waals surface area contributed by atoms with Gasteiger partial charge in [-0.2, -0.15) is 5.10 Å². The summed E-state index contributed by atoms with van der Waals surface area (Å²) in [6.07, 6.45) is 2.82. The van der Waals surface area contributed by atoms with Crippen LogP contribution in [0, 0.1) is 19.8 Å². The molecule has 0 aromatic carbocycles. The molecular formula is C14H25ClN4O. The van der Waals surface area contributed by atoms with Crippen molar-refractivity contribution < 1.29 is 4.79 Å². The maximum absolute atomic E-state index is 11.8. The van der Waals surface area contributed by atoms with E-state index in [1.54, 1.807) is 0 Å². The van der Waals surface area contributed by atoms with Crippen molar-refractivity contribution in [1.29, 1.82) is 0 Å². The van der Waals surface area contributed by atoms with Gasteiger partial charge in [-0.25, -0.2) is 0 Å². The van der Waals surface area contributed by atoms with Gasteiger partial charge in [0.05, 0.1) is 5.69 Å². The lowest BCUT2D eigenvalue weighted by Gasteiger charge is -2.09. The van der Waals surface area contributed by atoms with Gasteiger partial charge < -0.3 is 10.6 Å². The van der Waals surface area contributed by atoms with Gasteiger partial charge >= 0.3 is 0 Å². The summed E-state index contributed by atoms with van der Waals surface area (Å²) >= 11 is 0. The number of carbonyl (C=O) groups is 1. The van der Waals surface area contributed by atoms with Crippen LogP contribution in [0.3, 0.4) is 0 Å². The fourth-order valence-electron chi connectivity index (χ4n) is 2.64. The molecule has 1 aliphatic heterocycles. The number of nitrogens with zero attached hydrogens (tertiary/aromatic N) is 2. The molecule has 1 saturated heterocycles. The van der Waals surface area contributed by atoms with E-state index in [2.05, 4.69) is 15.7 Å². The SMILES string of the molecule is Cc1nn(C)c(C)c1CNC(=O)CCC1CCNC1.Cl. The summed E-state index contributed by atoms with van der Waals surface area (Å²) < 4.78 is 1.86. The lowest BCUT2D eigenvalue weighted by Crippen LogP contribution is -2.24. The Bertz CT molecular complexity index is 452. The molecule has 1 unspecified atom stereocenters. The Hall–Kier alpha value is -1.07. The lowest BCUT2D eigenvalue weighted by molar-refractivity contribution is -0.121. The van der Waals surface area contributed by atoms with Gasteiger partial charge in [0.2, 0.25) is 5.91 Å². The van der Waals surface area contributed by atoms with Crippen molar-refractivity contribution in [3.63, 3.8) is 0 Å². The molecule has 1 fully saturated rings. The molecule has 1 aromatic rings. The highest BCUT2D eigenvalue weighted by atomic mass is 35.5. The zero-order valence-corrected chi connectivity index (χ0v) is 13.3. The van der Waals surface area contributed by atoms with Crippen LogP contribution < -0.4 is 10.6 Å². The third kappa shape index (κ3) is 4.21. The Morgan fingerprint density at radius 3 is 2.80 bits per heavy atom. The summed E-state index contributed by atoms with van der Waals surface area (Å²) in [5, 5.41) is 10.7. The second kappa shape index (κ2) is 7.64. The fraction of sp³-hybridized carbons (Fsp3) is 0.714. The molecule has 114 valence electrons. The van der Waals surface area contributed by atoms with Gasteiger partial charge in [0.1, 0.15) is 0 Å². The second-order valence-corrected chi connectivity index (χ2v) is 5.45. The molecule has 6 heteroatoms. The third-order valence-electron chi connectivity index (χ3n) is 4.06.